The van der Waals surface area contributed by atoms with Gasteiger partial charge in [0.15, 0.2) is 5.82 Å². The van der Waals surface area contributed by atoms with Gasteiger partial charge < -0.3 is 5.21 Å². The van der Waals surface area contributed by atoms with Crippen LogP contribution in [0, 0.1) is 0 Å². The van der Waals surface area contributed by atoms with Crippen molar-refractivity contribution in [1.82, 2.24) is 14.9 Å². The van der Waals surface area contributed by atoms with Crippen molar-refractivity contribution in [2.45, 2.75) is 19.8 Å². The average Bonchev–Trinajstić information content (AvgIpc) is 2.14. The van der Waals surface area contributed by atoms with E-state index < -0.39 is 5.69 Å². The summed E-state index contributed by atoms with van der Waals surface area (Å²) in [5.41, 5.74) is -0.594. The molecular weight excluding hydrogens is 134 g/mol. The summed E-state index contributed by atoms with van der Waals surface area (Å²) in [6.07, 6.45) is 0. The zero-order valence-corrected chi connectivity index (χ0v) is 5.83. The molecule has 1 rings (SSSR count). The van der Waals surface area contributed by atoms with Crippen LogP contribution in [0.15, 0.2) is 4.79 Å². The summed E-state index contributed by atoms with van der Waals surface area (Å²) >= 11 is 0. The van der Waals surface area contributed by atoms with Crippen molar-refractivity contribution in [3.05, 3.63) is 16.3 Å². The van der Waals surface area contributed by atoms with E-state index in [1.54, 1.807) is 0 Å². The van der Waals surface area contributed by atoms with E-state index in [4.69, 9.17) is 5.21 Å². The molecule has 5 nitrogen and oxygen atoms in total. The second kappa shape index (κ2) is 2.17. The Hall–Kier alpha value is -1.26. The van der Waals surface area contributed by atoms with E-state index in [2.05, 4.69) is 10.2 Å². The minimum atomic E-state index is -0.594. The maximum absolute atomic E-state index is 10.5. The molecule has 0 amide bonds. The SMILES string of the molecule is CC(C)c1n[nH]c(=O)n1O. The number of aromatic amines is 1. The lowest BCUT2D eigenvalue weighted by Crippen LogP contribution is -2.16. The second-order valence-corrected chi connectivity index (χ2v) is 2.35. The molecule has 0 bridgehead atoms. The highest BCUT2D eigenvalue weighted by Gasteiger charge is 2.09. The lowest BCUT2D eigenvalue weighted by molar-refractivity contribution is 0.163. The van der Waals surface area contributed by atoms with Crippen LogP contribution in [0.25, 0.3) is 0 Å². The second-order valence-electron chi connectivity index (χ2n) is 2.35. The Morgan fingerprint density at radius 1 is 1.70 bits per heavy atom. The molecule has 0 aliphatic rings. The van der Waals surface area contributed by atoms with Gasteiger partial charge in [-0.25, -0.2) is 9.89 Å². The van der Waals surface area contributed by atoms with Crippen molar-refractivity contribution in [2.75, 3.05) is 0 Å². The van der Waals surface area contributed by atoms with Gasteiger partial charge in [0.1, 0.15) is 0 Å². The Labute approximate surface area is 57.3 Å². The third kappa shape index (κ3) is 0.896. The van der Waals surface area contributed by atoms with E-state index in [0.29, 0.717) is 10.6 Å². The van der Waals surface area contributed by atoms with Crippen LogP contribution in [0.1, 0.15) is 25.6 Å². The number of rotatable bonds is 1. The van der Waals surface area contributed by atoms with Crippen LogP contribution in [0.2, 0.25) is 0 Å². The molecular formula is C5H9N3O2. The zero-order chi connectivity index (χ0) is 7.72. The fraction of sp³-hybridized carbons (Fsp3) is 0.600. The molecule has 0 radical (unpaired) electrons. The van der Waals surface area contributed by atoms with Gasteiger partial charge in [-0.15, -0.1) is 4.73 Å². The smallest absolute Gasteiger partial charge is 0.376 e. The van der Waals surface area contributed by atoms with Crippen LogP contribution < -0.4 is 5.69 Å². The average molecular weight is 143 g/mol. The molecule has 2 N–H and O–H groups in total. The predicted molar refractivity (Wildman–Crippen MR) is 34.1 cm³/mol. The summed E-state index contributed by atoms with van der Waals surface area (Å²) in [5.74, 6) is 0.397. The summed E-state index contributed by atoms with van der Waals surface area (Å²) < 4.78 is 0.519. The quantitative estimate of drug-likeness (QED) is 0.540. The Morgan fingerprint density at radius 3 is 2.50 bits per heavy atom. The van der Waals surface area contributed by atoms with E-state index >= 15 is 0 Å². The molecule has 1 aromatic rings. The fourth-order valence-electron chi connectivity index (χ4n) is 0.678. The number of nitrogens with one attached hydrogen (secondary N) is 1. The Bertz CT molecular complexity index is 273. The largest absolute Gasteiger partial charge is 0.422 e. The topological polar surface area (TPSA) is 70.9 Å². The highest BCUT2D eigenvalue weighted by Crippen LogP contribution is 2.05. The van der Waals surface area contributed by atoms with Gasteiger partial charge in [-0.2, -0.15) is 5.10 Å². The van der Waals surface area contributed by atoms with Gasteiger partial charge in [-0.1, -0.05) is 13.8 Å². The lowest BCUT2D eigenvalue weighted by atomic mass is 10.2. The highest BCUT2D eigenvalue weighted by atomic mass is 16.5. The van der Waals surface area contributed by atoms with Crippen LogP contribution in [0.3, 0.4) is 0 Å². The van der Waals surface area contributed by atoms with Gasteiger partial charge in [-0.3, -0.25) is 0 Å². The van der Waals surface area contributed by atoms with Gasteiger partial charge in [0.25, 0.3) is 0 Å². The Balaban J connectivity index is 3.18. The standard InChI is InChI=1S/C5H9N3O2/c1-3(2)4-6-7-5(9)8(4)10/h3,10H,1-2H3,(H,7,9). The summed E-state index contributed by atoms with van der Waals surface area (Å²) in [6, 6.07) is 0. The monoisotopic (exact) mass is 143 g/mol. The first-order valence-corrected chi connectivity index (χ1v) is 2.99. The molecule has 0 unspecified atom stereocenters. The molecule has 10 heavy (non-hydrogen) atoms. The summed E-state index contributed by atoms with van der Waals surface area (Å²) in [4.78, 5) is 10.5. The third-order valence-corrected chi connectivity index (χ3v) is 1.19. The van der Waals surface area contributed by atoms with Crippen LogP contribution in [-0.2, 0) is 0 Å². The molecule has 5 heteroatoms. The number of H-pyrrole nitrogens is 1. The molecule has 0 fully saturated rings. The van der Waals surface area contributed by atoms with Gasteiger partial charge in [0.05, 0.1) is 0 Å². The van der Waals surface area contributed by atoms with Gasteiger partial charge in [0.2, 0.25) is 0 Å². The molecule has 0 saturated heterocycles. The first-order valence-electron chi connectivity index (χ1n) is 2.99. The van der Waals surface area contributed by atoms with E-state index in [1.165, 1.54) is 0 Å². The van der Waals surface area contributed by atoms with E-state index in [0.717, 1.165) is 0 Å². The number of nitrogens with zero attached hydrogens (tertiary/aromatic N) is 2. The maximum atomic E-state index is 10.5. The van der Waals surface area contributed by atoms with Crippen molar-refractivity contribution >= 4 is 0 Å². The fourth-order valence-corrected chi connectivity index (χ4v) is 0.678. The van der Waals surface area contributed by atoms with Crippen molar-refractivity contribution in [3.63, 3.8) is 0 Å². The molecule has 0 saturated carbocycles. The first-order chi connectivity index (χ1) is 4.63. The summed E-state index contributed by atoms with van der Waals surface area (Å²) in [5, 5.41) is 14.6. The van der Waals surface area contributed by atoms with Crippen LogP contribution in [0.5, 0.6) is 0 Å². The molecule has 0 spiro atoms. The minimum absolute atomic E-state index is 0.0453. The normalized spacial score (nSPS) is 10.7. The Morgan fingerprint density at radius 2 is 2.30 bits per heavy atom. The van der Waals surface area contributed by atoms with Crippen molar-refractivity contribution in [3.8, 4) is 0 Å². The molecule has 1 aromatic heterocycles. The summed E-state index contributed by atoms with van der Waals surface area (Å²) in [7, 11) is 0. The molecule has 0 aliphatic carbocycles. The van der Waals surface area contributed by atoms with Gasteiger partial charge in [-0.05, 0) is 0 Å². The molecule has 0 atom stereocenters. The zero-order valence-electron chi connectivity index (χ0n) is 5.83. The van der Waals surface area contributed by atoms with Gasteiger partial charge >= 0.3 is 5.69 Å². The third-order valence-electron chi connectivity index (χ3n) is 1.19. The van der Waals surface area contributed by atoms with Crippen molar-refractivity contribution in [1.29, 1.82) is 0 Å². The Kier molecular flexibility index (Phi) is 1.48. The van der Waals surface area contributed by atoms with E-state index in [-0.39, 0.29) is 5.92 Å². The molecule has 0 aromatic carbocycles. The van der Waals surface area contributed by atoms with Crippen LogP contribution >= 0.6 is 0 Å². The van der Waals surface area contributed by atoms with Crippen LogP contribution in [0.4, 0.5) is 0 Å². The van der Waals surface area contributed by atoms with Crippen molar-refractivity contribution < 1.29 is 5.21 Å². The first kappa shape index (κ1) is 6.85. The number of hydrogen-bond donors (Lipinski definition) is 2. The lowest BCUT2D eigenvalue weighted by Gasteiger charge is -1.98. The maximum Gasteiger partial charge on any atom is 0.376 e. The van der Waals surface area contributed by atoms with Crippen molar-refractivity contribution in [2.24, 2.45) is 0 Å². The van der Waals surface area contributed by atoms with E-state index in [1.807, 2.05) is 13.8 Å². The minimum Gasteiger partial charge on any atom is -0.422 e. The number of aromatic nitrogens is 3. The molecule has 0 aliphatic heterocycles. The van der Waals surface area contributed by atoms with E-state index in [9.17, 15) is 4.79 Å². The molecule has 56 valence electrons. The predicted octanol–water partition coefficient (Wildman–Crippen LogP) is -0.0679. The molecule has 1 heterocycles. The van der Waals surface area contributed by atoms with Gasteiger partial charge in [0, 0.05) is 5.92 Å². The van der Waals surface area contributed by atoms with Crippen LogP contribution in [-0.4, -0.2) is 20.1 Å². The highest BCUT2D eigenvalue weighted by molar-refractivity contribution is 4.89. The summed E-state index contributed by atoms with van der Waals surface area (Å²) in [6.45, 7) is 3.67. The number of hydrogen-bond acceptors (Lipinski definition) is 3.